The molecule has 0 amide bonds. The third-order valence-electron chi connectivity index (χ3n) is 13.8. The number of anilines is 3. The van der Waals surface area contributed by atoms with Crippen molar-refractivity contribution in [2.75, 3.05) is 4.90 Å². The summed E-state index contributed by atoms with van der Waals surface area (Å²) in [5.74, 6) is 0. The molecule has 0 saturated carbocycles. The van der Waals surface area contributed by atoms with Crippen LogP contribution in [0.2, 0.25) is 0 Å². The zero-order chi connectivity index (χ0) is 41.7. The molecule has 0 atom stereocenters. The quantitative estimate of drug-likeness (QED) is 0.167. The van der Waals surface area contributed by atoms with Crippen molar-refractivity contribution in [1.82, 2.24) is 0 Å². The Morgan fingerprint density at radius 2 is 0.855 bits per heavy atom. The Morgan fingerprint density at radius 1 is 0.339 bits per heavy atom. The van der Waals surface area contributed by atoms with E-state index in [4.69, 9.17) is 4.42 Å². The van der Waals surface area contributed by atoms with E-state index in [9.17, 15) is 0 Å². The Morgan fingerprint density at radius 3 is 1.53 bits per heavy atom. The molecule has 10 aromatic rings. The van der Waals surface area contributed by atoms with Crippen molar-refractivity contribution in [2.45, 2.75) is 38.5 Å². The number of hydrogen-bond donors (Lipinski definition) is 0. The lowest BCUT2D eigenvalue weighted by molar-refractivity contribution is 0.660. The number of furan rings is 1. The summed E-state index contributed by atoms with van der Waals surface area (Å²) in [4.78, 5) is 2.51. The largest absolute Gasteiger partial charge is 0.453 e. The molecule has 0 bridgehead atoms. The van der Waals surface area contributed by atoms with Crippen LogP contribution in [0.4, 0.5) is 17.1 Å². The molecule has 9 aromatic carbocycles. The van der Waals surface area contributed by atoms with Gasteiger partial charge in [0.1, 0.15) is 5.58 Å². The van der Waals surface area contributed by atoms with Crippen LogP contribution in [-0.2, 0) is 10.8 Å². The topological polar surface area (TPSA) is 16.4 Å². The number of rotatable bonds is 6. The van der Waals surface area contributed by atoms with Crippen molar-refractivity contribution < 1.29 is 4.42 Å². The molecule has 2 aliphatic rings. The Labute approximate surface area is 363 Å². The first kappa shape index (κ1) is 36.4. The standard InChI is InChI=1S/C60H45NO/c1-59(2)51-28-17-15-26-46(51)56-52(59)29-18-30-54(56)61(43-31-32-45-44-25-14-16-27-50(44)60(3,4)53(45)37-43)55-36-42(39-21-10-6-11-22-39)35-49-48-34-41(38-19-8-5-9-20-38)33-47(57(48)62-58(49)55)40-23-12-7-13-24-40/h5-37H,1-4H3. The summed E-state index contributed by atoms with van der Waals surface area (Å²) in [7, 11) is 0. The van der Waals surface area contributed by atoms with Gasteiger partial charge in [-0.15, -0.1) is 0 Å². The molecular formula is C60H45NO. The second-order valence-corrected chi connectivity index (χ2v) is 18.1. The van der Waals surface area contributed by atoms with E-state index in [0.717, 1.165) is 66.8 Å². The van der Waals surface area contributed by atoms with Crippen molar-refractivity contribution in [2.24, 2.45) is 0 Å². The maximum atomic E-state index is 7.45. The Bertz CT molecular complexity index is 3390. The molecule has 62 heavy (non-hydrogen) atoms. The van der Waals surface area contributed by atoms with E-state index in [0.29, 0.717) is 0 Å². The van der Waals surface area contributed by atoms with Crippen LogP contribution in [0.25, 0.3) is 77.6 Å². The normalized spacial score (nSPS) is 14.1. The molecule has 296 valence electrons. The first-order valence-electron chi connectivity index (χ1n) is 21.8. The average Bonchev–Trinajstić information content (AvgIpc) is 3.89. The Kier molecular flexibility index (Phi) is 7.96. The summed E-state index contributed by atoms with van der Waals surface area (Å²) in [6.45, 7) is 9.47. The first-order valence-corrected chi connectivity index (χ1v) is 21.8. The number of nitrogens with zero attached hydrogens (tertiary/aromatic N) is 1. The van der Waals surface area contributed by atoms with Gasteiger partial charge >= 0.3 is 0 Å². The second kappa shape index (κ2) is 13.5. The van der Waals surface area contributed by atoms with Crippen molar-refractivity contribution in [3.8, 4) is 55.6 Å². The monoisotopic (exact) mass is 795 g/mol. The van der Waals surface area contributed by atoms with Crippen molar-refractivity contribution >= 4 is 39.0 Å². The zero-order valence-electron chi connectivity index (χ0n) is 35.4. The van der Waals surface area contributed by atoms with Gasteiger partial charge in [0, 0.05) is 38.4 Å². The third kappa shape index (κ3) is 5.36. The highest BCUT2D eigenvalue weighted by Gasteiger charge is 2.40. The van der Waals surface area contributed by atoms with Crippen LogP contribution >= 0.6 is 0 Å². The fourth-order valence-corrected chi connectivity index (χ4v) is 10.7. The molecule has 0 N–H and O–H groups in total. The molecule has 2 aliphatic carbocycles. The molecule has 0 unspecified atom stereocenters. The number of hydrogen-bond acceptors (Lipinski definition) is 2. The van der Waals surface area contributed by atoms with E-state index >= 15 is 0 Å². The first-order chi connectivity index (χ1) is 30.3. The SMILES string of the molecule is CC1(C)c2ccccc2-c2ccc(N(c3cccc4c3-c3ccccc3C4(C)C)c3cc(-c4ccccc4)cc4c3oc3c(-c5ccccc5)cc(-c5ccccc5)cc34)cc21. The summed E-state index contributed by atoms with van der Waals surface area (Å²) in [5.41, 5.74) is 22.0. The summed E-state index contributed by atoms with van der Waals surface area (Å²) >= 11 is 0. The van der Waals surface area contributed by atoms with Crippen LogP contribution in [-0.4, -0.2) is 0 Å². The van der Waals surface area contributed by atoms with Gasteiger partial charge < -0.3 is 9.32 Å². The lowest BCUT2D eigenvalue weighted by atomic mass is 9.82. The summed E-state index contributed by atoms with van der Waals surface area (Å²) < 4.78 is 7.45. The zero-order valence-corrected chi connectivity index (χ0v) is 35.4. The van der Waals surface area contributed by atoms with Crippen LogP contribution in [0, 0.1) is 0 Å². The second-order valence-electron chi connectivity index (χ2n) is 18.1. The van der Waals surface area contributed by atoms with Gasteiger partial charge in [-0.3, -0.25) is 0 Å². The summed E-state index contributed by atoms with van der Waals surface area (Å²) in [6.07, 6.45) is 0. The Balaban J connectivity index is 1.22. The highest BCUT2D eigenvalue weighted by atomic mass is 16.3. The van der Waals surface area contributed by atoms with Gasteiger partial charge in [0.25, 0.3) is 0 Å². The fraction of sp³-hybridized carbons (Fsp3) is 0.100. The predicted molar refractivity (Wildman–Crippen MR) is 260 cm³/mol. The molecule has 0 radical (unpaired) electrons. The molecule has 0 spiro atoms. The highest BCUT2D eigenvalue weighted by Crippen LogP contribution is 2.57. The minimum Gasteiger partial charge on any atom is -0.453 e. The maximum absolute atomic E-state index is 7.45. The molecule has 0 saturated heterocycles. The minimum absolute atomic E-state index is 0.172. The van der Waals surface area contributed by atoms with Crippen LogP contribution in [0.3, 0.4) is 0 Å². The van der Waals surface area contributed by atoms with E-state index in [1.807, 2.05) is 0 Å². The van der Waals surface area contributed by atoms with E-state index in [2.05, 4.69) is 233 Å². The molecule has 0 fully saturated rings. The fourth-order valence-electron chi connectivity index (χ4n) is 10.7. The van der Waals surface area contributed by atoms with E-state index < -0.39 is 0 Å². The van der Waals surface area contributed by atoms with Gasteiger partial charge in [-0.25, -0.2) is 0 Å². The lowest BCUT2D eigenvalue weighted by Crippen LogP contribution is -2.17. The molecule has 2 heteroatoms. The number of fused-ring (bicyclic) bond motifs is 9. The summed E-state index contributed by atoms with van der Waals surface area (Å²) in [5, 5.41) is 2.17. The van der Waals surface area contributed by atoms with Gasteiger partial charge in [0.05, 0.1) is 11.4 Å². The molecule has 1 heterocycles. The molecule has 0 aliphatic heterocycles. The lowest BCUT2D eigenvalue weighted by Gasteiger charge is -2.30. The summed E-state index contributed by atoms with van der Waals surface area (Å²) in [6, 6.07) is 73.5. The van der Waals surface area contributed by atoms with E-state index in [1.54, 1.807) is 0 Å². The van der Waals surface area contributed by atoms with E-state index in [-0.39, 0.29) is 10.8 Å². The Hall–Kier alpha value is -7.42. The van der Waals surface area contributed by atoms with Gasteiger partial charge in [-0.1, -0.05) is 185 Å². The minimum atomic E-state index is -0.181. The van der Waals surface area contributed by atoms with Crippen molar-refractivity contribution in [1.29, 1.82) is 0 Å². The molecule has 2 nitrogen and oxygen atoms in total. The third-order valence-corrected chi connectivity index (χ3v) is 13.8. The van der Waals surface area contributed by atoms with Crippen LogP contribution < -0.4 is 4.90 Å². The molecule has 12 rings (SSSR count). The molecule has 1 aromatic heterocycles. The van der Waals surface area contributed by atoms with Gasteiger partial charge in [-0.05, 0) is 109 Å². The van der Waals surface area contributed by atoms with Crippen molar-refractivity contribution in [3.63, 3.8) is 0 Å². The van der Waals surface area contributed by atoms with Crippen LogP contribution in [0.15, 0.2) is 205 Å². The van der Waals surface area contributed by atoms with Gasteiger partial charge in [-0.2, -0.15) is 0 Å². The van der Waals surface area contributed by atoms with Gasteiger partial charge in [0.15, 0.2) is 5.58 Å². The number of benzene rings is 9. The van der Waals surface area contributed by atoms with Gasteiger partial charge in [0.2, 0.25) is 0 Å². The predicted octanol–water partition coefficient (Wildman–Crippen LogP) is 16.7. The highest BCUT2D eigenvalue weighted by molar-refractivity contribution is 6.16. The average molecular weight is 796 g/mol. The van der Waals surface area contributed by atoms with Crippen molar-refractivity contribution in [3.05, 3.63) is 222 Å². The maximum Gasteiger partial charge on any atom is 0.159 e. The smallest absolute Gasteiger partial charge is 0.159 e. The van der Waals surface area contributed by atoms with E-state index in [1.165, 1.54) is 50.1 Å². The van der Waals surface area contributed by atoms with Crippen LogP contribution in [0.5, 0.6) is 0 Å². The van der Waals surface area contributed by atoms with Crippen LogP contribution in [0.1, 0.15) is 49.9 Å². The molecular weight excluding hydrogens is 751 g/mol.